The molecule has 4 nitrogen and oxygen atoms in total. The molecule has 5 rings (SSSR count). The number of pyridine rings is 1. The molecule has 1 saturated carbocycles. The minimum absolute atomic E-state index is 0.453. The fourth-order valence-corrected chi connectivity index (χ4v) is 3.61. The van der Waals surface area contributed by atoms with Crippen LogP contribution in [0.4, 0.5) is 0 Å². The lowest BCUT2D eigenvalue weighted by molar-refractivity contribution is 0.906. The number of benzene rings is 1. The van der Waals surface area contributed by atoms with Crippen LogP contribution in [-0.2, 0) is 0 Å². The van der Waals surface area contributed by atoms with Crippen molar-refractivity contribution in [2.45, 2.75) is 18.3 Å². The summed E-state index contributed by atoms with van der Waals surface area (Å²) in [5.74, 6) is 0.966. The molecule has 0 saturated heterocycles. The van der Waals surface area contributed by atoms with E-state index in [-0.39, 0.29) is 0 Å². The van der Waals surface area contributed by atoms with Gasteiger partial charge < -0.3 is 0 Å². The van der Waals surface area contributed by atoms with Gasteiger partial charge in [-0.3, -0.25) is 4.98 Å². The van der Waals surface area contributed by atoms with Gasteiger partial charge in [0.15, 0.2) is 5.65 Å². The quantitative estimate of drug-likeness (QED) is 0.556. The number of fused-ring (bicyclic) bond motifs is 2. The number of aromatic nitrogens is 4. The van der Waals surface area contributed by atoms with Gasteiger partial charge in [0, 0.05) is 29.5 Å². The standard InChI is InChI=1S/C18H13ClN4/c19-17-10-15(18-21-6-7-23(18)22-17)14-9-13(14)11-3-4-16-12(8-11)2-1-5-20-16/h1-8,10,13-14H,9H2. The second kappa shape index (κ2) is 4.77. The van der Waals surface area contributed by atoms with Gasteiger partial charge in [-0.15, -0.1) is 0 Å². The molecule has 1 aliphatic rings. The van der Waals surface area contributed by atoms with Crippen LogP contribution in [0.5, 0.6) is 0 Å². The SMILES string of the molecule is Clc1cc(C2CC2c2ccc3ncccc3c2)c2nccn2n1. The van der Waals surface area contributed by atoms with Crippen molar-refractivity contribution in [1.82, 2.24) is 19.6 Å². The topological polar surface area (TPSA) is 43.1 Å². The largest absolute Gasteiger partial charge is 0.256 e. The lowest BCUT2D eigenvalue weighted by atomic mass is 10.0. The molecule has 0 spiro atoms. The summed E-state index contributed by atoms with van der Waals surface area (Å²) in [7, 11) is 0. The lowest BCUT2D eigenvalue weighted by Crippen LogP contribution is -1.96. The first-order chi connectivity index (χ1) is 11.3. The van der Waals surface area contributed by atoms with E-state index in [1.165, 1.54) is 16.5 Å². The molecule has 112 valence electrons. The first-order valence-corrected chi connectivity index (χ1v) is 8.02. The van der Waals surface area contributed by atoms with Crippen LogP contribution in [0.15, 0.2) is 55.0 Å². The Morgan fingerprint density at radius 2 is 2.00 bits per heavy atom. The van der Waals surface area contributed by atoms with Gasteiger partial charge in [0.25, 0.3) is 0 Å². The van der Waals surface area contributed by atoms with Gasteiger partial charge in [-0.05, 0) is 48.1 Å². The molecule has 0 radical (unpaired) electrons. The normalized spacial score (nSPS) is 20.2. The molecule has 5 heteroatoms. The van der Waals surface area contributed by atoms with E-state index >= 15 is 0 Å². The third kappa shape index (κ3) is 2.10. The van der Waals surface area contributed by atoms with Crippen LogP contribution < -0.4 is 0 Å². The number of hydrogen-bond donors (Lipinski definition) is 0. The fraction of sp³-hybridized carbons (Fsp3) is 0.167. The van der Waals surface area contributed by atoms with Crippen LogP contribution in [0.2, 0.25) is 5.15 Å². The van der Waals surface area contributed by atoms with Crippen molar-refractivity contribution in [3.8, 4) is 0 Å². The zero-order valence-electron chi connectivity index (χ0n) is 12.2. The summed E-state index contributed by atoms with van der Waals surface area (Å²) in [6.45, 7) is 0. The monoisotopic (exact) mass is 320 g/mol. The van der Waals surface area contributed by atoms with Crippen LogP contribution in [0.1, 0.15) is 29.4 Å². The van der Waals surface area contributed by atoms with Crippen molar-refractivity contribution in [3.63, 3.8) is 0 Å². The average molecular weight is 321 g/mol. The van der Waals surface area contributed by atoms with Crippen LogP contribution in [0, 0.1) is 0 Å². The molecule has 1 aromatic carbocycles. The molecular formula is C18H13ClN4. The molecule has 3 heterocycles. The fourth-order valence-electron chi connectivity index (χ4n) is 3.41. The Labute approximate surface area is 137 Å². The molecule has 4 aromatic rings. The first-order valence-electron chi connectivity index (χ1n) is 7.64. The minimum Gasteiger partial charge on any atom is -0.256 e. The summed E-state index contributed by atoms with van der Waals surface area (Å²) in [5, 5.41) is 5.96. The summed E-state index contributed by atoms with van der Waals surface area (Å²) in [6, 6.07) is 12.6. The van der Waals surface area contributed by atoms with Gasteiger partial charge in [0.05, 0.1) is 5.52 Å². The Morgan fingerprint density at radius 1 is 1.04 bits per heavy atom. The second-order valence-corrected chi connectivity index (χ2v) is 6.41. The third-order valence-electron chi connectivity index (χ3n) is 4.60. The number of nitrogens with zero attached hydrogens (tertiary/aromatic N) is 4. The van der Waals surface area contributed by atoms with E-state index in [9.17, 15) is 0 Å². The zero-order chi connectivity index (χ0) is 15.4. The van der Waals surface area contributed by atoms with Crippen molar-refractivity contribution in [2.75, 3.05) is 0 Å². The summed E-state index contributed by atoms with van der Waals surface area (Å²) >= 11 is 6.16. The van der Waals surface area contributed by atoms with Gasteiger partial charge in [-0.2, -0.15) is 5.10 Å². The van der Waals surface area contributed by atoms with Gasteiger partial charge in [0.2, 0.25) is 0 Å². The molecule has 23 heavy (non-hydrogen) atoms. The smallest absolute Gasteiger partial charge is 0.157 e. The predicted octanol–water partition coefficient (Wildman–Crippen LogP) is 4.20. The molecule has 2 unspecified atom stereocenters. The maximum atomic E-state index is 6.16. The molecule has 1 aliphatic carbocycles. The summed E-state index contributed by atoms with van der Waals surface area (Å²) < 4.78 is 1.76. The number of rotatable bonds is 2. The van der Waals surface area contributed by atoms with Crippen molar-refractivity contribution in [3.05, 3.63) is 71.3 Å². The molecular weight excluding hydrogens is 308 g/mol. The van der Waals surface area contributed by atoms with Crippen molar-refractivity contribution in [2.24, 2.45) is 0 Å². The summed E-state index contributed by atoms with van der Waals surface area (Å²) in [6.07, 6.45) is 6.55. The molecule has 3 aromatic heterocycles. The minimum atomic E-state index is 0.453. The Bertz CT molecular complexity index is 1040. The van der Waals surface area contributed by atoms with E-state index in [0.29, 0.717) is 17.0 Å². The Morgan fingerprint density at radius 3 is 2.96 bits per heavy atom. The third-order valence-corrected chi connectivity index (χ3v) is 4.79. The van der Waals surface area contributed by atoms with E-state index in [1.54, 1.807) is 10.7 Å². The number of halogens is 1. The predicted molar refractivity (Wildman–Crippen MR) is 89.8 cm³/mol. The van der Waals surface area contributed by atoms with Crippen molar-refractivity contribution >= 4 is 28.2 Å². The average Bonchev–Trinajstić information content (AvgIpc) is 3.23. The first kappa shape index (κ1) is 13.0. The lowest BCUT2D eigenvalue weighted by Gasteiger charge is -2.05. The molecule has 1 fully saturated rings. The van der Waals surface area contributed by atoms with E-state index in [4.69, 9.17) is 11.6 Å². The Balaban J connectivity index is 1.55. The van der Waals surface area contributed by atoms with E-state index < -0.39 is 0 Å². The maximum Gasteiger partial charge on any atom is 0.157 e. The Kier molecular flexibility index (Phi) is 2.70. The maximum absolute atomic E-state index is 6.16. The van der Waals surface area contributed by atoms with Gasteiger partial charge in [-0.25, -0.2) is 9.50 Å². The highest BCUT2D eigenvalue weighted by Gasteiger charge is 2.41. The van der Waals surface area contributed by atoms with Crippen LogP contribution in [0.3, 0.4) is 0 Å². The van der Waals surface area contributed by atoms with Crippen molar-refractivity contribution in [1.29, 1.82) is 0 Å². The highest BCUT2D eigenvalue weighted by atomic mass is 35.5. The van der Waals surface area contributed by atoms with Gasteiger partial charge in [-0.1, -0.05) is 23.7 Å². The van der Waals surface area contributed by atoms with E-state index in [1.807, 2.05) is 24.5 Å². The summed E-state index contributed by atoms with van der Waals surface area (Å²) in [5.41, 5.74) is 4.49. The van der Waals surface area contributed by atoms with E-state index in [0.717, 1.165) is 17.6 Å². The van der Waals surface area contributed by atoms with Crippen LogP contribution in [-0.4, -0.2) is 19.6 Å². The van der Waals surface area contributed by atoms with Crippen LogP contribution in [0.25, 0.3) is 16.6 Å². The number of imidazole rings is 1. The Hall–Kier alpha value is -2.46. The number of hydrogen-bond acceptors (Lipinski definition) is 3. The zero-order valence-corrected chi connectivity index (χ0v) is 13.0. The molecule has 2 atom stereocenters. The molecule has 0 amide bonds. The molecule has 0 aliphatic heterocycles. The second-order valence-electron chi connectivity index (χ2n) is 6.02. The van der Waals surface area contributed by atoms with Crippen molar-refractivity contribution < 1.29 is 0 Å². The molecule has 0 bridgehead atoms. The molecule has 0 N–H and O–H groups in total. The van der Waals surface area contributed by atoms with E-state index in [2.05, 4.69) is 39.3 Å². The van der Waals surface area contributed by atoms with Gasteiger partial charge >= 0.3 is 0 Å². The highest BCUT2D eigenvalue weighted by molar-refractivity contribution is 6.29. The van der Waals surface area contributed by atoms with Gasteiger partial charge in [0.1, 0.15) is 5.15 Å². The van der Waals surface area contributed by atoms with Crippen LogP contribution >= 0.6 is 11.6 Å². The summed E-state index contributed by atoms with van der Waals surface area (Å²) in [4.78, 5) is 8.82. The highest BCUT2D eigenvalue weighted by Crippen LogP contribution is 2.55.